The van der Waals surface area contributed by atoms with Crippen LogP contribution in [0.5, 0.6) is 0 Å². The van der Waals surface area contributed by atoms with Crippen LogP contribution >= 0.6 is 0 Å². The van der Waals surface area contributed by atoms with E-state index in [1.807, 2.05) is 34.0 Å². The largest absolute Gasteiger partial charge is 0.420 e. The number of likely N-dealkylation sites (tertiary alicyclic amines) is 1. The minimum Gasteiger partial charge on any atom is -0.408 e. The molecule has 3 aromatic rings. The number of oxazole rings is 1. The van der Waals surface area contributed by atoms with Crippen LogP contribution in [-0.2, 0) is 17.9 Å². The minimum absolute atomic E-state index is 0.00541. The lowest BCUT2D eigenvalue weighted by Crippen LogP contribution is -2.47. The van der Waals surface area contributed by atoms with Gasteiger partial charge in [-0.15, -0.1) is 0 Å². The fourth-order valence-electron chi connectivity index (χ4n) is 3.53. The number of para-hydroxylation sites is 2. The molecule has 0 saturated carbocycles. The van der Waals surface area contributed by atoms with Crippen molar-refractivity contribution in [2.24, 2.45) is 0 Å². The first-order valence-electron chi connectivity index (χ1n) is 8.57. The lowest BCUT2D eigenvalue weighted by molar-refractivity contribution is -0.136. The quantitative estimate of drug-likeness (QED) is 0.727. The first-order valence-corrected chi connectivity index (χ1v) is 8.57. The summed E-state index contributed by atoms with van der Waals surface area (Å²) in [6, 6.07) is 9.16. The molecule has 130 valence electrons. The molecule has 1 amide bonds. The third-order valence-electron chi connectivity index (χ3n) is 4.77. The number of hydrogen-bond donors (Lipinski definition) is 0. The maximum atomic E-state index is 12.9. The van der Waals surface area contributed by atoms with E-state index >= 15 is 0 Å². The lowest BCUT2D eigenvalue weighted by atomic mass is 10.0. The summed E-state index contributed by atoms with van der Waals surface area (Å²) in [4.78, 5) is 26.9. The Balaban J connectivity index is 1.56. The van der Waals surface area contributed by atoms with Gasteiger partial charge in [-0.1, -0.05) is 12.1 Å². The summed E-state index contributed by atoms with van der Waals surface area (Å²) < 4.78 is 8.49. The molecule has 1 aliphatic rings. The minimum atomic E-state index is -0.491. The van der Waals surface area contributed by atoms with E-state index in [9.17, 15) is 9.59 Å². The Hall–Kier alpha value is -2.83. The summed E-state index contributed by atoms with van der Waals surface area (Å²) in [5, 5.41) is 4.24. The van der Waals surface area contributed by atoms with Crippen LogP contribution in [0.1, 0.15) is 19.3 Å². The first kappa shape index (κ1) is 15.7. The second kappa shape index (κ2) is 6.58. The molecule has 1 aromatic carbocycles. The predicted octanol–water partition coefficient (Wildman–Crippen LogP) is 1.87. The molecule has 0 spiro atoms. The molecular weight excluding hydrogens is 320 g/mol. The number of fused-ring (bicyclic) bond motifs is 1. The molecule has 0 aliphatic carbocycles. The van der Waals surface area contributed by atoms with Crippen LogP contribution < -0.4 is 5.76 Å². The summed E-state index contributed by atoms with van der Waals surface area (Å²) in [5.41, 5.74) is 1.16. The monoisotopic (exact) mass is 340 g/mol. The lowest BCUT2D eigenvalue weighted by Gasteiger charge is -2.35. The normalized spacial score (nSPS) is 17.9. The van der Waals surface area contributed by atoms with Gasteiger partial charge in [-0.25, -0.2) is 4.79 Å². The molecule has 1 aliphatic heterocycles. The summed E-state index contributed by atoms with van der Waals surface area (Å²) >= 11 is 0. The van der Waals surface area contributed by atoms with Crippen molar-refractivity contribution in [1.82, 2.24) is 19.2 Å². The predicted molar refractivity (Wildman–Crippen MR) is 92.1 cm³/mol. The van der Waals surface area contributed by atoms with Crippen molar-refractivity contribution in [3.05, 3.63) is 53.3 Å². The number of nitrogens with zero attached hydrogens (tertiary/aromatic N) is 4. The van der Waals surface area contributed by atoms with E-state index in [1.54, 1.807) is 18.3 Å². The fraction of sp³-hybridized carbons (Fsp3) is 0.389. The summed E-state index contributed by atoms with van der Waals surface area (Å²) in [5.74, 6) is -0.541. The number of hydrogen-bond acceptors (Lipinski definition) is 4. The molecule has 0 radical (unpaired) electrons. The number of carbonyl (C=O) groups excluding carboxylic acids is 1. The Morgan fingerprint density at radius 3 is 2.96 bits per heavy atom. The van der Waals surface area contributed by atoms with Crippen molar-refractivity contribution in [3.8, 4) is 0 Å². The Kier molecular flexibility index (Phi) is 4.13. The number of amides is 1. The van der Waals surface area contributed by atoms with E-state index in [0.29, 0.717) is 17.6 Å². The average Bonchev–Trinajstić information content (AvgIpc) is 3.24. The summed E-state index contributed by atoms with van der Waals surface area (Å²) in [7, 11) is 0. The van der Waals surface area contributed by atoms with Crippen molar-refractivity contribution in [2.75, 3.05) is 6.54 Å². The van der Waals surface area contributed by atoms with E-state index in [0.717, 1.165) is 25.8 Å². The summed E-state index contributed by atoms with van der Waals surface area (Å²) in [6.07, 6.45) is 6.69. The van der Waals surface area contributed by atoms with Gasteiger partial charge in [0.25, 0.3) is 0 Å². The Labute approximate surface area is 144 Å². The van der Waals surface area contributed by atoms with Crippen molar-refractivity contribution >= 4 is 17.0 Å². The van der Waals surface area contributed by atoms with Gasteiger partial charge in [0.1, 0.15) is 6.54 Å². The smallest absolute Gasteiger partial charge is 0.408 e. The van der Waals surface area contributed by atoms with Gasteiger partial charge in [0, 0.05) is 18.9 Å². The average molecular weight is 340 g/mol. The van der Waals surface area contributed by atoms with E-state index in [1.165, 1.54) is 4.57 Å². The molecule has 7 heteroatoms. The van der Waals surface area contributed by atoms with Crippen molar-refractivity contribution < 1.29 is 9.21 Å². The molecule has 4 rings (SSSR count). The second-order valence-electron chi connectivity index (χ2n) is 6.39. The van der Waals surface area contributed by atoms with Gasteiger partial charge < -0.3 is 9.32 Å². The second-order valence-corrected chi connectivity index (χ2v) is 6.39. The number of rotatable bonds is 4. The molecule has 0 N–H and O–H groups in total. The molecule has 2 aromatic heterocycles. The van der Waals surface area contributed by atoms with Crippen molar-refractivity contribution in [2.45, 2.75) is 38.4 Å². The summed E-state index contributed by atoms with van der Waals surface area (Å²) in [6.45, 7) is 1.40. The third kappa shape index (κ3) is 3.09. The number of carbonyl (C=O) groups is 1. The van der Waals surface area contributed by atoms with Crippen LogP contribution in [-0.4, -0.2) is 37.7 Å². The van der Waals surface area contributed by atoms with E-state index < -0.39 is 5.76 Å². The van der Waals surface area contributed by atoms with Gasteiger partial charge in [-0.2, -0.15) is 5.10 Å². The Morgan fingerprint density at radius 1 is 1.24 bits per heavy atom. The molecule has 7 nitrogen and oxygen atoms in total. The molecule has 1 atom stereocenters. The van der Waals surface area contributed by atoms with E-state index in [2.05, 4.69) is 5.10 Å². The molecule has 1 fully saturated rings. The van der Waals surface area contributed by atoms with Crippen molar-refractivity contribution in [1.29, 1.82) is 0 Å². The van der Waals surface area contributed by atoms with Gasteiger partial charge >= 0.3 is 5.76 Å². The molecule has 3 heterocycles. The van der Waals surface area contributed by atoms with Crippen molar-refractivity contribution in [3.63, 3.8) is 0 Å². The zero-order chi connectivity index (χ0) is 17.2. The van der Waals surface area contributed by atoms with Crippen LogP contribution in [0, 0.1) is 0 Å². The third-order valence-corrected chi connectivity index (χ3v) is 4.77. The molecule has 1 saturated heterocycles. The number of piperidine rings is 1. The van der Waals surface area contributed by atoms with Gasteiger partial charge in [0.2, 0.25) is 5.91 Å². The zero-order valence-corrected chi connectivity index (χ0v) is 13.9. The van der Waals surface area contributed by atoms with E-state index in [-0.39, 0.29) is 18.5 Å². The highest BCUT2D eigenvalue weighted by Gasteiger charge is 2.28. The fourth-order valence-corrected chi connectivity index (χ4v) is 3.53. The topological polar surface area (TPSA) is 73.3 Å². The Bertz CT molecular complexity index is 925. The van der Waals surface area contributed by atoms with Crippen LogP contribution in [0.4, 0.5) is 0 Å². The number of aromatic nitrogens is 3. The van der Waals surface area contributed by atoms with Crippen LogP contribution in [0.15, 0.2) is 51.9 Å². The molecule has 0 bridgehead atoms. The van der Waals surface area contributed by atoms with Crippen LogP contribution in [0.25, 0.3) is 11.1 Å². The number of benzene rings is 1. The molecule has 1 unspecified atom stereocenters. The van der Waals surface area contributed by atoms with E-state index in [4.69, 9.17) is 4.42 Å². The first-order chi connectivity index (χ1) is 12.2. The van der Waals surface area contributed by atoms with Gasteiger partial charge in [-0.05, 0) is 37.5 Å². The van der Waals surface area contributed by atoms with Gasteiger partial charge in [0.15, 0.2) is 5.58 Å². The molecule has 25 heavy (non-hydrogen) atoms. The standard InChI is InChI=1S/C18H20N4O3/c23-17(13-22-15-7-1-2-8-16(15)25-18(22)24)21-11-4-3-6-14(21)12-20-10-5-9-19-20/h1-2,5,7-10,14H,3-4,6,11-13H2. The van der Waals surface area contributed by atoms with Gasteiger partial charge in [0.05, 0.1) is 18.1 Å². The SMILES string of the molecule is O=C(Cn1c(=O)oc2ccccc21)N1CCCCC1Cn1cccn1. The maximum absolute atomic E-state index is 12.9. The highest BCUT2D eigenvalue weighted by atomic mass is 16.4. The van der Waals surface area contributed by atoms with Crippen LogP contribution in [0.2, 0.25) is 0 Å². The molecular formula is C18H20N4O3. The highest BCUT2D eigenvalue weighted by molar-refractivity contribution is 5.79. The van der Waals surface area contributed by atoms with Gasteiger partial charge in [-0.3, -0.25) is 14.0 Å². The maximum Gasteiger partial charge on any atom is 0.420 e. The highest BCUT2D eigenvalue weighted by Crippen LogP contribution is 2.20. The van der Waals surface area contributed by atoms with Crippen LogP contribution in [0.3, 0.4) is 0 Å². The zero-order valence-electron chi connectivity index (χ0n) is 13.9. The Morgan fingerprint density at radius 2 is 2.12 bits per heavy atom.